The highest BCUT2D eigenvalue weighted by atomic mass is 79.9. The van der Waals surface area contributed by atoms with Gasteiger partial charge >= 0.3 is 4.36 Å². The molecule has 0 saturated heterocycles. The summed E-state index contributed by atoms with van der Waals surface area (Å²) in [5.74, 6) is 0. The normalized spacial score (nSPS) is 10.2. The lowest BCUT2D eigenvalue weighted by Gasteiger charge is -2.08. The van der Waals surface area contributed by atoms with Crippen LogP contribution in [0.1, 0.15) is 0 Å². The second-order valence-corrected chi connectivity index (χ2v) is 6.75. The molecule has 1 aromatic carbocycles. The number of aromatic nitrogens is 1. The number of hydrogen-bond acceptors (Lipinski definition) is 1. The molecule has 1 heterocycles. The molecule has 0 aliphatic heterocycles. The molecule has 5 heteroatoms. The van der Waals surface area contributed by atoms with Crippen molar-refractivity contribution in [2.45, 2.75) is 0 Å². The highest BCUT2D eigenvalue weighted by Crippen LogP contribution is 2.19. The summed E-state index contributed by atoms with van der Waals surface area (Å²) in [5.41, 5.74) is 3.17. The Morgan fingerprint density at radius 2 is 1.81 bits per heavy atom. The predicted octanol–water partition coefficient (Wildman–Crippen LogP) is 3.89. The molecule has 16 heavy (non-hydrogen) atoms. The van der Waals surface area contributed by atoms with E-state index >= 15 is 0 Å². The van der Waals surface area contributed by atoms with Gasteiger partial charge in [-0.05, 0) is 23.2 Å². The number of halogens is 3. The van der Waals surface area contributed by atoms with Crippen molar-refractivity contribution in [1.82, 2.24) is 4.98 Å². The van der Waals surface area contributed by atoms with E-state index in [1.54, 1.807) is 6.20 Å². The quantitative estimate of drug-likeness (QED) is 0.742. The molecule has 0 atom stereocenters. The van der Waals surface area contributed by atoms with E-state index in [0.717, 1.165) is 16.7 Å². The average molecular weight is 359 g/mol. The van der Waals surface area contributed by atoms with E-state index in [2.05, 4.69) is 42.6 Å². The first-order valence-electron chi connectivity index (χ1n) is 4.67. The van der Waals surface area contributed by atoms with Crippen molar-refractivity contribution < 1.29 is 0 Å². The molecule has 0 amide bonds. The van der Waals surface area contributed by atoms with E-state index in [4.69, 9.17) is 11.6 Å². The Morgan fingerprint density at radius 3 is 2.44 bits per heavy atom. The van der Waals surface area contributed by atoms with Crippen LogP contribution < -0.4 is 5.46 Å². The van der Waals surface area contributed by atoms with Gasteiger partial charge in [-0.1, -0.05) is 35.9 Å². The molecule has 2 rings (SSSR count). The number of pyridine rings is 1. The Balaban J connectivity index is 2.51. The molecule has 0 bridgehead atoms. The summed E-state index contributed by atoms with van der Waals surface area (Å²) in [6.45, 7) is 0. The van der Waals surface area contributed by atoms with Gasteiger partial charge in [0.2, 0.25) is 0 Å². The fourth-order valence-corrected chi connectivity index (χ4v) is 2.37. The van der Waals surface area contributed by atoms with Crippen molar-refractivity contribution in [2.75, 3.05) is 0 Å². The number of benzene rings is 1. The zero-order chi connectivity index (χ0) is 11.5. The van der Waals surface area contributed by atoms with Crippen molar-refractivity contribution in [3.8, 4) is 11.3 Å². The Kier molecular flexibility index (Phi) is 4.06. The van der Waals surface area contributed by atoms with Gasteiger partial charge in [0.25, 0.3) is 0 Å². The van der Waals surface area contributed by atoms with Crippen LogP contribution in [0.15, 0.2) is 42.6 Å². The Bertz CT molecular complexity index is 488. The lowest BCUT2D eigenvalue weighted by Crippen LogP contribution is -2.19. The van der Waals surface area contributed by atoms with Gasteiger partial charge in [0.15, 0.2) is 0 Å². The number of nitrogens with zero attached hydrogens (tertiary/aromatic N) is 1. The van der Waals surface area contributed by atoms with Crippen LogP contribution >= 0.6 is 43.1 Å². The summed E-state index contributed by atoms with van der Waals surface area (Å²) in [6.07, 6.45) is 1.66. The number of hydrogen-bond donors (Lipinski definition) is 0. The van der Waals surface area contributed by atoms with Crippen LogP contribution in [-0.4, -0.2) is 9.34 Å². The second kappa shape index (κ2) is 5.34. The van der Waals surface area contributed by atoms with Crippen molar-refractivity contribution in [3.05, 3.63) is 47.6 Å². The van der Waals surface area contributed by atoms with Crippen LogP contribution in [0.5, 0.6) is 0 Å². The largest absolute Gasteiger partial charge is 0.330 e. The maximum absolute atomic E-state index is 5.82. The second-order valence-electron chi connectivity index (χ2n) is 3.25. The zero-order valence-corrected chi connectivity index (χ0v) is 12.1. The lowest BCUT2D eigenvalue weighted by molar-refractivity contribution is 1.33. The van der Waals surface area contributed by atoms with Gasteiger partial charge < -0.3 is 0 Å². The van der Waals surface area contributed by atoms with Crippen LogP contribution in [0.25, 0.3) is 11.3 Å². The van der Waals surface area contributed by atoms with Crippen LogP contribution in [-0.2, 0) is 0 Å². The van der Waals surface area contributed by atoms with Crippen molar-refractivity contribution in [2.24, 2.45) is 0 Å². The minimum Gasteiger partial charge on any atom is -0.255 e. The van der Waals surface area contributed by atoms with E-state index in [1.807, 2.05) is 30.3 Å². The summed E-state index contributed by atoms with van der Waals surface area (Å²) in [6, 6.07) is 11.9. The standard InChI is InChI=1S/C11H7BBr2ClN/c13-12(14)10-4-2-1-3-9(10)11-6-5-8(15)7-16-11/h1-7H. The van der Waals surface area contributed by atoms with Gasteiger partial charge in [-0.15, -0.1) is 31.5 Å². The molecular weight excluding hydrogens is 352 g/mol. The Labute approximate surface area is 116 Å². The third-order valence-electron chi connectivity index (χ3n) is 2.20. The predicted molar refractivity (Wildman–Crippen MR) is 77.9 cm³/mol. The zero-order valence-electron chi connectivity index (χ0n) is 8.20. The minimum atomic E-state index is 0.119. The molecule has 0 radical (unpaired) electrons. The smallest absolute Gasteiger partial charge is 0.255 e. The maximum atomic E-state index is 5.82. The first-order valence-corrected chi connectivity index (χ1v) is 6.88. The first kappa shape index (κ1) is 12.2. The fraction of sp³-hybridized carbons (Fsp3) is 0. The first-order chi connectivity index (χ1) is 7.68. The molecule has 1 nitrogen and oxygen atoms in total. The molecule has 0 spiro atoms. The minimum absolute atomic E-state index is 0.119. The molecular formula is C11H7BBr2ClN. The molecule has 80 valence electrons. The SMILES string of the molecule is Clc1ccc(-c2ccccc2B(Br)Br)nc1. The summed E-state index contributed by atoms with van der Waals surface area (Å²) in [5, 5.41) is 0.649. The molecule has 0 fully saturated rings. The fourth-order valence-electron chi connectivity index (χ4n) is 1.46. The van der Waals surface area contributed by atoms with E-state index in [9.17, 15) is 0 Å². The van der Waals surface area contributed by atoms with Crippen molar-refractivity contribution >= 4 is 52.9 Å². The van der Waals surface area contributed by atoms with Gasteiger partial charge in [-0.3, -0.25) is 4.98 Å². The summed E-state index contributed by atoms with van der Waals surface area (Å²) >= 11 is 12.8. The molecule has 0 saturated carbocycles. The third-order valence-corrected chi connectivity index (χ3v) is 3.41. The Hall–Kier alpha value is -0.315. The summed E-state index contributed by atoms with van der Waals surface area (Å²) in [4.78, 5) is 4.32. The third kappa shape index (κ3) is 2.68. The highest BCUT2D eigenvalue weighted by molar-refractivity contribution is 9.49. The van der Waals surface area contributed by atoms with Crippen LogP contribution in [0.2, 0.25) is 5.02 Å². The van der Waals surface area contributed by atoms with Crippen LogP contribution in [0.3, 0.4) is 0 Å². The van der Waals surface area contributed by atoms with Crippen molar-refractivity contribution in [1.29, 1.82) is 0 Å². The van der Waals surface area contributed by atoms with Gasteiger partial charge in [0.05, 0.1) is 10.7 Å². The van der Waals surface area contributed by atoms with Gasteiger partial charge in [0, 0.05) is 6.20 Å². The van der Waals surface area contributed by atoms with E-state index in [-0.39, 0.29) is 4.36 Å². The van der Waals surface area contributed by atoms with Crippen LogP contribution in [0.4, 0.5) is 0 Å². The molecule has 0 unspecified atom stereocenters. The van der Waals surface area contributed by atoms with Crippen LogP contribution in [0, 0.1) is 0 Å². The highest BCUT2D eigenvalue weighted by Gasteiger charge is 2.14. The molecule has 0 aliphatic rings. The monoisotopic (exact) mass is 357 g/mol. The van der Waals surface area contributed by atoms with Gasteiger partial charge in [-0.2, -0.15) is 0 Å². The lowest BCUT2D eigenvalue weighted by atomic mass is 9.88. The van der Waals surface area contributed by atoms with E-state index in [0.29, 0.717) is 5.02 Å². The van der Waals surface area contributed by atoms with Gasteiger partial charge in [0.1, 0.15) is 0 Å². The van der Waals surface area contributed by atoms with E-state index in [1.165, 1.54) is 0 Å². The number of rotatable bonds is 2. The molecule has 1 aromatic heterocycles. The maximum Gasteiger partial charge on any atom is 0.330 e. The van der Waals surface area contributed by atoms with Gasteiger partial charge in [-0.25, -0.2) is 0 Å². The summed E-state index contributed by atoms with van der Waals surface area (Å²) < 4.78 is 0.119. The van der Waals surface area contributed by atoms with Crippen molar-refractivity contribution in [3.63, 3.8) is 0 Å². The topological polar surface area (TPSA) is 12.9 Å². The summed E-state index contributed by atoms with van der Waals surface area (Å²) in [7, 11) is 0. The molecule has 2 aromatic rings. The molecule has 0 N–H and O–H groups in total. The van der Waals surface area contributed by atoms with E-state index < -0.39 is 0 Å². The Morgan fingerprint density at radius 1 is 1.06 bits per heavy atom. The molecule has 0 aliphatic carbocycles. The average Bonchev–Trinajstić information content (AvgIpc) is 2.30.